The Kier molecular flexibility index (Phi) is 7.87. The maximum absolute atomic E-state index is 13.8. The van der Waals surface area contributed by atoms with Crippen LogP contribution in [0.15, 0.2) is 42.6 Å². The van der Waals surface area contributed by atoms with E-state index in [0.29, 0.717) is 35.3 Å². The third-order valence-corrected chi connectivity index (χ3v) is 5.83. The maximum atomic E-state index is 13.8. The lowest BCUT2D eigenvalue weighted by Gasteiger charge is -2.27. The Morgan fingerprint density at radius 2 is 2.06 bits per heavy atom. The lowest BCUT2D eigenvalue weighted by molar-refractivity contribution is -0.117. The third-order valence-electron chi connectivity index (χ3n) is 5.83. The standard InChI is InChI=1S/C26H30FN5O3/c1-3-12-32(19-7-4-6-18(27)15-19)24(34)17-31(2)26-21-8-5-9-22(21)29-25(30-26)23-16-20(10-11-28-23)35-14-13-33/h4,6-7,10-11,15-16,33H,3,5,8-9,12-14,17H2,1-2H3. The normalized spacial score (nSPS) is 12.3. The summed E-state index contributed by atoms with van der Waals surface area (Å²) in [6.07, 6.45) is 5.03. The summed E-state index contributed by atoms with van der Waals surface area (Å²) in [4.78, 5) is 30.7. The van der Waals surface area contributed by atoms with Crippen LogP contribution in [0.3, 0.4) is 0 Å². The Hall–Kier alpha value is -3.59. The van der Waals surface area contributed by atoms with Crippen molar-refractivity contribution in [1.82, 2.24) is 15.0 Å². The smallest absolute Gasteiger partial charge is 0.246 e. The number of rotatable bonds is 10. The van der Waals surface area contributed by atoms with E-state index in [4.69, 9.17) is 19.8 Å². The Labute approximate surface area is 204 Å². The lowest BCUT2D eigenvalue weighted by Crippen LogP contribution is -2.40. The second kappa shape index (κ2) is 11.2. The van der Waals surface area contributed by atoms with Gasteiger partial charge >= 0.3 is 0 Å². The van der Waals surface area contributed by atoms with E-state index in [-0.39, 0.29) is 31.5 Å². The molecule has 184 valence electrons. The number of carbonyl (C=O) groups is 1. The highest BCUT2D eigenvalue weighted by atomic mass is 19.1. The highest BCUT2D eigenvalue weighted by Gasteiger charge is 2.25. The van der Waals surface area contributed by atoms with E-state index in [1.165, 1.54) is 12.1 Å². The largest absolute Gasteiger partial charge is 0.491 e. The zero-order valence-electron chi connectivity index (χ0n) is 20.1. The molecule has 0 unspecified atom stereocenters. The second-order valence-electron chi connectivity index (χ2n) is 8.48. The van der Waals surface area contributed by atoms with Crippen molar-refractivity contribution in [2.24, 2.45) is 0 Å². The number of likely N-dealkylation sites (N-methyl/N-ethyl adjacent to an activating group) is 1. The SMILES string of the molecule is CCCN(C(=O)CN(C)c1nc(-c2cc(OCCO)ccn2)nc2c1CCC2)c1cccc(F)c1. The minimum absolute atomic E-state index is 0.0827. The molecule has 1 aliphatic rings. The Morgan fingerprint density at radius 3 is 2.83 bits per heavy atom. The molecule has 0 aliphatic heterocycles. The Bertz CT molecular complexity index is 1190. The molecule has 0 saturated heterocycles. The number of hydrogen-bond donors (Lipinski definition) is 1. The number of benzene rings is 1. The molecule has 1 aliphatic carbocycles. The monoisotopic (exact) mass is 479 g/mol. The summed E-state index contributed by atoms with van der Waals surface area (Å²) in [7, 11) is 1.84. The van der Waals surface area contributed by atoms with Gasteiger partial charge in [-0.15, -0.1) is 0 Å². The Morgan fingerprint density at radius 1 is 1.20 bits per heavy atom. The molecule has 0 radical (unpaired) electrons. The zero-order chi connectivity index (χ0) is 24.8. The van der Waals surface area contributed by atoms with E-state index in [1.807, 2.05) is 18.9 Å². The second-order valence-corrected chi connectivity index (χ2v) is 8.48. The quantitative estimate of drug-likeness (QED) is 0.476. The third kappa shape index (κ3) is 5.74. The fraction of sp³-hybridized carbons (Fsp3) is 0.385. The van der Waals surface area contributed by atoms with Gasteiger partial charge in [-0.3, -0.25) is 9.78 Å². The summed E-state index contributed by atoms with van der Waals surface area (Å²) >= 11 is 0. The number of amides is 1. The molecule has 0 saturated carbocycles. The fourth-order valence-electron chi connectivity index (χ4n) is 4.26. The minimum Gasteiger partial charge on any atom is -0.491 e. The molecule has 0 bridgehead atoms. The predicted molar refractivity (Wildman–Crippen MR) is 132 cm³/mol. The Balaban J connectivity index is 1.61. The van der Waals surface area contributed by atoms with Gasteiger partial charge in [0.15, 0.2) is 5.82 Å². The molecule has 9 heteroatoms. The van der Waals surface area contributed by atoms with Crippen molar-refractivity contribution in [3.05, 3.63) is 59.7 Å². The highest BCUT2D eigenvalue weighted by Crippen LogP contribution is 2.31. The van der Waals surface area contributed by atoms with Crippen LogP contribution in [0, 0.1) is 5.82 Å². The van der Waals surface area contributed by atoms with Crippen molar-refractivity contribution in [1.29, 1.82) is 0 Å². The molecule has 0 fully saturated rings. The first-order chi connectivity index (χ1) is 17.0. The van der Waals surface area contributed by atoms with Gasteiger partial charge in [0.1, 0.15) is 29.7 Å². The van der Waals surface area contributed by atoms with Gasteiger partial charge in [-0.05, 0) is 49.9 Å². The lowest BCUT2D eigenvalue weighted by atomic mass is 10.2. The van der Waals surface area contributed by atoms with Crippen LogP contribution in [0.2, 0.25) is 0 Å². The van der Waals surface area contributed by atoms with Crippen LogP contribution in [0.5, 0.6) is 5.75 Å². The number of anilines is 2. The molecule has 3 aromatic rings. The summed E-state index contributed by atoms with van der Waals surface area (Å²) in [6, 6.07) is 9.56. The van der Waals surface area contributed by atoms with Crippen LogP contribution in [0.25, 0.3) is 11.5 Å². The molecule has 35 heavy (non-hydrogen) atoms. The molecule has 0 spiro atoms. The number of aliphatic hydroxyl groups is 1. The molecule has 2 heterocycles. The van der Waals surface area contributed by atoms with E-state index >= 15 is 0 Å². The number of carbonyl (C=O) groups excluding carboxylic acids is 1. The van der Waals surface area contributed by atoms with Gasteiger partial charge in [0.2, 0.25) is 5.91 Å². The summed E-state index contributed by atoms with van der Waals surface area (Å²) in [5, 5.41) is 9.03. The highest BCUT2D eigenvalue weighted by molar-refractivity contribution is 5.96. The van der Waals surface area contributed by atoms with Crippen molar-refractivity contribution < 1.29 is 19.0 Å². The number of nitrogens with zero attached hydrogens (tertiary/aromatic N) is 5. The van der Waals surface area contributed by atoms with Gasteiger partial charge in [-0.1, -0.05) is 13.0 Å². The predicted octanol–water partition coefficient (Wildman–Crippen LogP) is 3.42. The summed E-state index contributed by atoms with van der Waals surface area (Å²) < 4.78 is 19.3. The van der Waals surface area contributed by atoms with Crippen LogP contribution in [-0.2, 0) is 17.6 Å². The number of ether oxygens (including phenoxy) is 1. The van der Waals surface area contributed by atoms with Crippen molar-refractivity contribution in [3.8, 4) is 17.3 Å². The van der Waals surface area contributed by atoms with Crippen molar-refractivity contribution in [2.75, 3.05) is 43.2 Å². The average molecular weight is 480 g/mol. The number of pyridine rings is 1. The number of hydrogen-bond acceptors (Lipinski definition) is 7. The van der Waals surface area contributed by atoms with Gasteiger partial charge in [-0.2, -0.15) is 0 Å². The van der Waals surface area contributed by atoms with E-state index in [9.17, 15) is 9.18 Å². The molecule has 2 aromatic heterocycles. The van der Waals surface area contributed by atoms with Crippen LogP contribution in [0.1, 0.15) is 31.0 Å². The first-order valence-electron chi connectivity index (χ1n) is 11.9. The van der Waals surface area contributed by atoms with Gasteiger partial charge in [0.05, 0.1) is 13.2 Å². The molecule has 0 atom stereocenters. The van der Waals surface area contributed by atoms with Crippen LogP contribution in [-0.4, -0.2) is 59.3 Å². The van der Waals surface area contributed by atoms with Gasteiger partial charge in [0.25, 0.3) is 0 Å². The summed E-state index contributed by atoms with van der Waals surface area (Å²) in [5.41, 5.74) is 3.11. The van der Waals surface area contributed by atoms with Crippen molar-refractivity contribution >= 4 is 17.4 Å². The molecular weight excluding hydrogens is 449 g/mol. The summed E-state index contributed by atoms with van der Waals surface area (Å²) in [5.74, 6) is 1.23. The first-order valence-corrected chi connectivity index (χ1v) is 11.9. The van der Waals surface area contributed by atoms with E-state index < -0.39 is 0 Å². The number of fused-ring (bicyclic) bond motifs is 1. The molecule has 1 aromatic carbocycles. The molecule has 1 amide bonds. The van der Waals surface area contributed by atoms with E-state index in [2.05, 4.69) is 4.98 Å². The summed E-state index contributed by atoms with van der Waals surface area (Å²) in [6.45, 7) is 2.67. The molecule has 4 rings (SSSR count). The zero-order valence-corrected chi connectivity index (χ0v) is 20.1. The van der Waals surface area contributed by atoms with Gasteiger partial charge < -0.3 is 19.6 Å². The van der Waals surface area contributed by atoms with Crippen LogP contribution >= 0.6 is 0 Å². The topological polar surface area (TPSA) is 91.7 Å². The van der Waals surface area contributed by atoms with Gasteiger partial charge in [-0.25, -0.2) is 14.4 Å². The van der Waals surface area contributed by atoms with Crippen LogP contribution in [0.4, 0.5) is 15.9 Å². The van der Waals surface area contributed by atoms with E-state index in [1.54, 1.807) is 35.4 Å². The molecular formula is C26H30FN5O3. The molecule has 1 N–H and O–H groups in total. The molecule has 8 nitrogen and oxygen atoms in total. The van der Waals surface area contributed by atoms with Gasteiger partial charge in [0, 0.05) is 42.8 Å². The minimum atomic E-state index is -0.374. The number of aryl methyl sites for hydroxylation is 1. The first kappa shape index (κ1) is 24.5. The van der Waals surface area contributed by atoms with Crippen LogP contribution < -0.4 is 14.5 Å². The van der Waals surface area contributed by atoms with E-state index in [0.717, 1.165) is 36.9 Å². The van der Waals surface area contributed by atoms with Crippen molar-refractivity contribution in [3.63, 3.8) is 0 Å². The maximum Gasteiger partial charge on any atom is 0.246 e. The average Bonchev–Trinajstić information content (AvgIpc) is 3.34. The fourth-order valence-corrected chi connectivity index (χ4v) is 4.26. The number of aromatic nitrogens is 3. The number of halogens is 1. The van der Waals surface area contributed by atoms with Crippen molar-refractivity contribution in [2.45, 2.75) is 32.6 Å². The number of aliphatic hydroxyl groups excluding tert-OH is 1.